The van der Waals surface area contributed by atoms with E-state index in [0.29, 0.717) is 6.42 Å². The Hall–Kier alpha value is -1.59. The monoisotopic (exact) mass is 264 g/mol. The zero-order chi connectivity index (χ0) is 14.1. The van der Waals surface area contributed by atoms with Gasteiger partial charge in [0.1, 0.15) is 5.84 Å². The highest BCUT2D eigenvalue weighted by atomic mass is 16.4. The van der Waals surface area contributed by atoms with Crippen molar-refractivity contribution in [3.05, 3.63) is 35.9 Å². The summed E-state index contributed by atoms with van der Waals surface area (Å²) in [5.41, 5.74) is 6.77. The van der Waals surface area contributed by atoms with E-state index in [1.807, 2.05) is 30.3 Å². The van der Waals surface area contributed by atoms with E-state index >= 15 is 0 Å². The number of nitrogens with zero attached hydrogens (tertiary/aromatic N) is 2. The molecule has 0 aliphatic rings. The minimum atomic E-state index is 0.0827. The molecule has 5 nitrogen and oxygen atoms in total. The third-order valence-corrected chi connectivity index (χ3v) is 2.92. The van der Waals surface area contributed by atoms with Crippen molar-refractivity contribution in [2.24, 2.45) is 10.9 Å². The maximum Gasteiger partial charge on any atom is 0.141 e. The van der Waals surface area contributed by atoms with E-state index in [4.69, 9.17) is 10.9 Å². The highest BCUT2D eigenvalue weighted by Gasteiger charge is 2.12. The fourth-order valence-electron chi connectivity index (χ4n) is 1.91. The van der Waals surface area contributed by atoms with E-state index in [1.54, 1.807) is 0 Å². The fourth-order valence-corrected chi connectivity index (χ4v) is 1.91. The van der Waals surface area contributed by atoms with Crippen LogP contribution in [0.2, 0.25) is 0 Å². The Morgan fingerprint density at radius 1 is 1.37 bits per heavy atom. The van der Waals surface area contributed by atoms with Gasteiger partial charge in [0.25, 0.3) is 0 Å². The first-order valence-corrected chi connectivity index (χ1v) is 6.53. The molecule has 106 valence electrons. The van der Waals surface area contributed by atoms with Gasteiger partial charge in [-0.15, -0.1) is 0 Å². The summed E-state index contributed by atoms with van der Waals surface area (Å²) in [4.78, 5) is 2.16. The first kappa shape index (κ1) is 15.5. The number of oxime groups is 1. The maximum atomic E-state index is 8.70. The second-order valence-electron chi connectivity index (χ2n) is 4.87. The molecule has 0 bridgehead atoms. The lowest BCUT2D eigenvalue weighted by atomic mass is 10.0. The van der Waals surface area contributed by atoms with Crippen LogP contribution in [0, 0.1) is 0 Å². The van der Waals surface area contributed by atoms with Gasteiger partial charge in [-0.2, -0.15) is 0 Å². The molecule has 1 unspecified atom stereocenters. The normalized spacial score (nSPS) is 13.7. The zero-order valence-electron chi connectivity index (χ0n) is 11.7. The molecular formula is C14H24N4O. The summed E-state index contributed by atoms with van der Waals surface area (Å²) < 4.78 is 0. The number of nitrogens with two attached hydrogens (primary N) is 1. The van der Waals surface area contributed by atoms with Crippen LogP contribution >= 0.6 is 0 Å². The number of nitrogens with one attached hydrogen (secondary N) is 1. The van der Waals surface area contributed by atoms with Gasteiger partial charge in [0.15, 0.2) is 0 Å². The van der Waals surface area contributed by atoms with Gasteiger partial charge >= 0.3 is 0 Å². The molecule has 1 atom stereocenters. The molecule has 0 radical (unpaired) electrons. The molecular weight excluding hydrogens is 240 g/mol. The molecule has 0 saturated heterocycles. The predicted molar refractivity (Wildman–Crippen MR) is 78.4 cm³/mol. The van der Waals surface area contributed by atoms with Gasteiger partial charge in [0.2, 0.25) is 0 Å². The quantitative estimate of drug-likeness (QED) is 0.218. The van der Waals surface area contributed by atoms with E-state index in [-0.39, 0.29) is 11.9 Å². The Kier molecular flexibility index (Phi) is 6.92. The largest absolute Gasteiger partial charge is 0.409 e. The molecule has 0 aliphatic carbocycles. The number of hydrogen-bond donors (Lipinski definition) is 3. The van der Waals surface area contributed by atoms with Gasteiger partial charge in [-0.25, -0.2) is 0 Å². The molecule has 0 heterocycles. The molecule has 0 aromatic heterocycles. The van der Waals surface area contributed by atoms with Crippen molar-refractivity contribution < 1.29 is 5.21 Å². The number of benzene rings is 1. The first-order valence-electron chi connectivity index (χ1n) is 6.53. The van der Waals surface area contributed by atoms with Crippen LogP contribution in [0.1, 0.15) is 24.4 Å². The van der Waals surface area contributed by atoms with E-state index in [2.05, 4.69) is 29.5 Å². The Labute approximate surface area is 115 Å². The molecule has 1 rings (SSSR count). The third-order valence-electron chi connectivity index (χ3n) is 2.92. The third kappa shape index (κ3) is 6.22. The molecule has 19 heavy (non-hydrogen) atoms. The zero-order valence-corrected chi connectivity index (χ0v) is 11.7. The Morgan fingerprint density at radius 2 is 2.05 bits per heavy atom. The van der Waals surface area contributed by atoms with Crippen LogP contribution in [0.15, 0.2) is 35.5 Å². The molecule has 4 N–H and O–H groups in total. The molecule has 0 aliphatic heterocycles. The second kappa shape index (κ2) is 8.50. The lowest BCUT2D eigenvalue weighted by molar-refractivity contribution is 0.315. The van der Waals surface area contributed by atoms with Gasteiger partial charge < -0.3 is 21.2 Å². The van der Waals surface area contributed by atoms with Gasteiger partial charge in [0.05, 0.1) is 0 Å². The molecule has 1 aromatic rings. The first-order chi connectivity index (χ1) is 9.13. The van der Waals surface area contributed by atoms with Crippen LogP contribution in [-0.4, -0.2) is 43.1 Å². The minimum absolute atomic E-state index is 0.0827. The predicted octanol–water partition coefficient (Wildman–Crippen LogP) is 1.41. The maximum absolute atomic E-state index is 8.70. The van der Waals surface area contributed by atoms with Crippen molar-refractivity contribution in [2.45, 2.75) is 18.9 Å². The van der Waals surface area contributed by atoms with E-state index < -0.39 is 0 Å². The van der Waals surface area contributed by atoms with Crippen LogP contribution in [-0.2, 0) is 0 Å². The topological polar surface area (TPSA) is 73.9 Å². The van der Waals surface area contributed by atoms with Crippen molar-refractivity contribution in [3.8, 4) is 0 Å². The average molecular weight is 264 g/mol. The van der Waals surface area contributed by atoms with Crippen LogP contribution in [0.25, 0.3) is 0 Å². The number of amidine groups is 1. The molecule has 1 aromatic carbocycles. The SMILES string of the molecule is CN(C)CCCNC(CC(N)=NO)c1ccccc1. The lowest BCUT2D eigenvalue weighted by Gasteiger charge is -2.19. The summed E-state index contributed by atoms with van der Waals surface area (Å²) in [6.45, 7) is 1.94. The Balaban J connectivity index is 2.55. The van der Waals surface area contributed by atoms with Gasteiger partial charge in [-0.05, 0) is 39.2 Å². The van der Waals surface area contributed by atoms with Gasteiger partial charge in [-0.3, -0.25) is 0 Å². The summed E-state index contributed by atoms with van der Waals surface area (Å²) in [6, 6.07) is 10.2. The summed E-state index contributed by atoms with van der Waals surface area (Å²) in [6.07, 6.45) is 1.56. The average Bonchev–Trinajstić information content (AvgIpc) is 2.42. The van der Waals surface area contributed by atoms with Crippen molar-refractivity contribution >= 4 is 5.84 Å². The highest BCUT2D eigenvalue weighted by Crippen LogP contribution is 2.16. The summed E-state index contributed by atoms with van der Waals surface area (Å²) in [5, 5.41) is 15.2. The van der Waals surface area contributed by atoms with Crippen molar-refractivity contribution in [3.63, 3.8) is 0 Å². The Morgan fingerprint density at radius 3 is 2.63 bits per heavy atom. The van der Waals surface area contributed by atoms with Crippen molar-refractivity contribution in [1.29, 1.82) is 0 Å². The lowest BCUT2D eigenvalue weighted by Crippen LogP contribution is -2.29. The van der Waals surface area contributed by atoms with Crippen LogP contribution in [0.3, 0.4) is 0 Å². The molecule has 0 spiro atoms. The second-order valence-corrected chi connectivity index (χ2v) is 4.87. The molecule has 0 saturated carbocycles. The van der Waals surface area contributed by atoms with E-state index in [0.717, 1.165) is 25.1 Å². The molecule has 0 fully saturated rings. The van der Waals surface area contributed by atoms with Crippen LogP contribution < -0.4 is 11.1 Å². The summed E-state index contributed by atoms with van der Waals surface area (Å²) in [5.74, 6) is 0.244. The number of hydrogen-bond acceptors (Lipinski definition) is 4. The van der Waals surface area contributed by atoms with E-state index in [9.17, 15) is 0 Å². The summed E-state index contributed by atoms with van der Waals surface area (Å²) >= 11 is 0. The van der Waals surface area contributed by atoms with Crippen molar-refractivity contribution in [2.75, 3.05) is 27.2 Å². The smallest absolute Gasteiger partial charge is 0.141 e. The van der Waals surface area contributed by atoms with Crippen LogP contribution in [0.5, 0.6) is 0 Å². The number of rotatable bonds is 8. The van der Waals surface area contributed by atoms with Gasteiger partial charge in [0, 0.05) is 12.5 Å². The highest BCUT2D eigenvalue weighted by molar-refractivity contribution is 5.80. The fraction of sp³-hybridized carbons (Fsp3) is 0.500. The Bertz CT molecular complexity index is 378. The van der Waals surface area contributed by atoms with Crippen LogP contribution in [0.4, 0.5) is 0 Å². The molecule has 5 heteroatoms. The minimum Gasteiger partial charge on any atom is -0.409 e. The van der Waals surface area contributed by atoms with Crippen molar-refractivity contribution in [1.82, 2.24) is 10.2 Å². The molecule has 0 amide bonds. The standard InChI is InChI=1S/C14H24N4O/c1-18(2)10-6-9-16-13(11-14(15)17-19)12-7-4-3-5-8-12/h3-5,7-8,13,16,19H,6,9-11H2,1-2H3,(H2,15,17). The summed E-state index contributed by atoms with van der Waals surface area (Å²) in [7, 11) is 4.12. The van der Waals surface area contributed by atoms with Gasteiger partial charge in [-0.1, -0.05) is 35.5 Å². The van der Waals surface area contributed by atoms with E-state index in [1.165, 1.54) is 0 Å².